The fourth-order valence-corrected chi connectivity index (χ4v) is 6.43. The van der Waals surface area contributed by atoms with Crippen LogP contribution in [0.5, 0.6) is 0 Å². The van der Waals surface area contributed by atoms with Crippen molar-refractivity contribution in [3.63, 3.8) is 0 Å². The average Bonchev–Trinajstić information content (AvgIpc) is 3.26. The fourth-order valence-electron chi connectivity index (χ4n) is 6.43. The summed E-state index contributed by atoms with van der Waals surface area (Å²) < 4.78 is 16.7. The summed E-state index contributed by atoms with van der Waals surface area (Å²) in [5.74, 6) is -0.986. The zero-order valence-corrected chi connectivity index (χ0v) is 39.4. The molecule has 6 nitrogen and oxygen atoms in total. The number of carbonyl (C=O) groups is 3. The average molecular weight is 847 g/mol. The normalized spacial score (nSPS) is 12.9. The molecule has 0 radical (unpaired) electrons. The molecule has 0 N–H and O–H groups in total. The molecular formula is C55H90O6. The highest BCUT2D eigenvalue weighted by molar-refractivity contribution is 5.71. The van der Waals surface area contributed by atoms with Crippen LogP contribution >= 0.6 is 0 Å². The first-order valence-corrected chi connectivity index (χ1v) is 24.7. The van der Waals surface area contributed by atoms with E-state index in [-0.39, 0.29) is 37.5 Å². The van der Waals surface area contributed by atoms with Crippen molar-refractivity contribution in [1.29, 1.82) is 0 Å². The molecule has 0 aliphatic heterocycles. The molecule has 0 aliphatic carbocycles. The van der Waals surface area contributed by atoms with E-state index in [1.54, 1.807) is 0 Å². The molecule has 0 aromatic carbocycles. The molecule has 0 fully saturated rings. The number of hydrogen-bond donors (Lipinski definition) is 0. The Morgan fingerprint density at radius 2 is 0.656 bits per heavy atom. The fraction of sp³-hybridized carbons (Fsp3) is 0.655. The van der Waals surface area contributed by atoms with Crippen LogP contribution < -0.4 is 0 Å². The van der Waals surface area contributed by atoms with E-state index in [2.05, 4.69) is 118 Å². The maximum absolute atomic E-state index is 12.8. The lowest BCUT2D eigenvalue weighted by atomic mass is 10.1. The molecule has 0 aliphatic rings. The lowest BCUT2D eigenvalue weighted by Crippen LogP contribution is -2.30. The minimum atomic E-state index is -0.807. The maximum Gasteiger partial charge on any atom is 0.306 e. The van der Waals surface area contributed by atoms with E-state index >= 15 is 0 Å². The Labute approximate surface area is 375 Å². The SMILES string of the molecule is CC/C=C\C/C=C\C/C=C\C/C=C\C/C=C\CCCC(=O)OCC(COC(=O)CCCCCCCCCCCCC)OC(=O)CCCCCCC/C=C\C/C=C\C/C=C\CC. The predicted molar refractivity (Wildman–Crippen MR) is 260 cm³/mol. The summed E-state index contributed by atoms with van der Waals surface area (Å²) in [4.78, 5) is 37.9. The number of carbonyl (C=O) groups excluding carboxylic acids is 3. The lowest BCUT2D eigenvalue weighted by molar-refractivity contribution is -0.167. The molecule has 0 heterocycles. The second kappa shape index (κ2) is 49.0. The zero-order valence-electron chi connectivity index (χ0n) is 39.4. The van der Waals surface area contributed by atoms with Crippen LogP contribution in [0.2, 0.25) is 0 Å². The van der Waals surface area contributed by atoms with E-state index in [1.807, 2.05) is 0 Å². The van der Waals surface area contributed by atoms with E-state index in [4.69, 9.17) is 14.2 Å². The molecule has 0 aromatic rings. The molecule has 0 saturated heterocycles. The Kier molecular flexibility index (Phi) is 46.0. The van der Waals surface area contributed by atoms with Crippen molar-refractivity contribution < 1.29 is 28.6 Å². The van der Waals surface area contributed by atoms with Crippen molar-refractivity contribution in [2.24, 2.45) is 0 Å². The third-order valence-corrected chi connectivity index (χ3v) is 10.1. The Morgan fingerprint density at radius 3 is 1.07 bits per heavy atom. The summed E-state index contributed by atoms with van der Waals surface area (Å²) in [6.45, 7) is 6.33. The van der Waals surface area contributed by atoms with Crippen molar-refractivity contribution in [3.05, 3.63) is 97.2 Å². The molecule has 0 saturated carbocycles. The quantitative estimate of drug-likeness (QED) is 0.0263. The third-order valence-electron chi connectivity index (χ3n) is 10.1. The zero-order chi connectivity index (χ0) is 44.4. The third kappa shape index (κ3) is 47.2. The summed E-state index contributed by atoms with van der Waals surface area (Å²) >= 11 is 0. The number of rotatable bonds is 43. The summed E-state index contributed by atoms with van der Waals surface area (Å²) in [5, 5.41) is 0. The van der Waals surface area contributed by atoms with E-state index in [0.717, 1.165) is 116 Å². The van der Waals surface area contributed by atoms with Gasteiger partial charge in [0, 0.05) is 19.3 Å². The summed E-state index contributed by atoms with van der Waals surface area (Å²) in [6.07, 6.45) is 63.9. The van der Waals surface area contributed by atoms with E-state index in [1.165, 1.54) is 51.4 Å². The molecule has 0 bridgehead atoms. The van der Waals surface area contributed by atoms with Crippen LogP contribution in [0, 0.1) is 0 Å². The maximum atomic E-state index is 12.8. The van der Waals surface area contributed by atoms with Gasteiger partial charge in [0.25, 0.3) is 0 Å². The highest BCUT2D eigenvalue weighted by atomic mass is 16.6. The van der Waals surface area contributed by atoms with Crippen LogP contribution in [0.25, 0.3) is 0 Å². The highest BCUT2D eigenvalue weighted by Crippen LogP contribution is 2.14. The van der Waals surface area contributed by atoms with Gasteiger partial charge in [-0.3, -0.25) is 14.4 Å². The Bertz CT molecular complexity index is 1250. The molecule has 61 heavy (non-hydrogen) atoms. The van der Waals surface area contributed by atoms with Crippen molar-refractivity contribution in [1.82, 2.24) is 0 Å². The van der Waals surface area contributed by atoms with Crippen molar-refractivity contribution in [3.8, 4) is 0 Å². The van der Waals surface area contributed by atoms with Gasteiger partial charge < -0.3 is 14.2 Å². The lowest BCUT2D eigenvalue weighted by Gasteiger charge is -2.18. The van der Waals surface area contributed by atoms with Gasteiger partial charge in [-0.1, -0.05) is 201 Å². The van der Waals surface area contributed by atoms with Gasteiger partial charge in [-0.15, -0.1) is 0 Å². The van der Waals surface area contributed by atoms with Crippen LogP contribution in [-0.2, 0) is 28.6 Å². The van der Waals surface area contributed by atoms with Crippen molar-refractivity contribution in [2.45, 2.75) is 219 Å². The second-order valence-corrected chi connectivity index (χ2v) is 16.0. The monoisotopic (exact) mass is 847 g/mol. The van der Waals surface area contributed by atoms with Crippen molar-refractivity contribution >= 4 is 17.9 Å². The largest absolute Gasteiger partial charge is 0.462 e. The second-order valence-electron chi connectivity index (χ2n) is 16.0. The predicted octanol–water partition coefficient (Wildman–Crippen LogP) is 16.2. The molecule has 0 aromatic heterocycles. The first-order chi connectivity index (χ1) is 30.0. The van der Waals surface area contributed by atoms with Crippen LogP contribution in [0.1, 0.15) is 213 Å². The Balaban J connectivity index is 4.51. The number of ether oxygens (including phenoxy) is 3. The topological polar surface area (TPSA) is 78.9 Å². The van der Waals surface area contributed by atoms with Crippen LogP contribution in [0.3, 0.4) is 0 Å². The first-order valence-electron chi connectivity index (χ1n) is 24.7. The molecule has 346 valence electrons. The molecular weight excluding hydrogens is 757 g/mol. The molecule has 6 heteroatoms. The summed E-state index contributed by atoms with van der Waals surface area (Å²) in [7, 11) is 0. The highest BCUT2D eigenvalue weighted by Gasteiger charge is 2.19. The number of unbranched alkanes of at least 4 members (excludes halogenated alkanes) is 16. The van der Waals surface area contributed by atoms with Gasteiger partial charge in [-0.2, -0.15) is 0 Å². The smallest absolute Gasteiger partial charge is 0.306 e. The van der Waals surface area contributed by atoms with Gasteiger partial charge in [0.05, 0.1) is 0 Å². The van der Waals surface area contributed by atoms with Gasteiger partial charge in [0.2, 0.25) is 0 Å². The number of esters is 3. The molecule has 1 unspecified atom stereocenters. The summed E-state index contributed by atoms with van der Waals surface area (Å²) in [5.41, 5.74) is 0. The number of allylic oxidation sites excluding steroid dienone is 16. The standard InChI is InChI=1S/C55H90O6/c1-4-7-10-13-16-19-22-24-26-27-29-30-33-36-39-42-45-48-54(57)60-51-52(50-59-53(56)47-44-41-38-35-32-21-18-15-12-9-6-3)61-55(58)49-46-43-40-37-34-31-28-25-23-20-17-14-11-8-5-2/h7-8,10-11,16-17,19-20,24-26,28-30,36,39,52H,4-6,9,12-15,18,21-23,27,31-35,37-38,40-51H2,1-3H3/b10-7-,11-8-,19-16-,20-17-,26-24-,28-25-,30-29-,39-36-. The molecule has 0 amide bonds. The molecule has 0 spiro atoms. The van der Waals surface area contributed by atoms with Gasteiger partial charge in [0.1, 0.15) is 13.2 Å². The van der Waals surface area contributed by atoms with E-state index < -0.39 is 6.10 Å². The van der Waals surface area contributed by atoms with Gasteiger partial charge in [-0.25, -0.2) is 0 Å². The van der Waals surface area contributed by atoms with Crippen LogP contribution in [-0.4, -0.2) is 37.2 Å². The minimum absolute atomic E-state index is 0.102. The van der Waals surface area contributed by atoms with Crippen molar-refractivity contribution in [2.75, 3.05) is 13.2 Å². The van der Waals surface area contributed by atoms with E-state index in [9.17, 15) is 14.4 Å². The number of hydrogen-bond acceptors (Lipinski definition) is 6. The molecule has 1 atom stereocenters. The van der Waals surface area contributed by atoms with Gasteiger partial charge >= 0.3 is 17.9 Å². The Hall–Kier alpha value is -3.67. The van der Waals surface area contributed by atoms with Gasteiger partial charge in [-0.05, 0) is 89.9 Å². The van der Waals surface area contributed by atoms with E-state index in [0.29, 0.717) is 19.3 Å². The minimum Gasteiger partial charge on any atom is -0.462 e. The van der Waals surface area contributed by atoms with Crippen LogP contribution in [0.15, 0.2) is 97.2 Å². The summed E-state index contributed by atoms with van der Waals surface area (Å²) in [6, 6.07) is 0. The Morgan fingerprint density at radius 1 is 0.344 bits per heavy atom. The molecule has 0 rings (SSSR count). The first kappa shape index (κ1) is 57.3. The van der Waals surface area contributed by atoms with Crippen LogP contribution in [0.4, 0.5) is 0 Å². The van der Waals surface area contributed by atoms with Gasteiger partial charge in [0.15, 0.2) is 6.10 Å².